The molecule has 1 saturated heterocycles. The molecule has 1 atom stereocenters. The van der Waals surface area contributed by atoms with Crippen molar-refractivity contribution < 1.29 is 18.0 Å². The summed E-state index contributed by atoms with van der Waals surface area (Å²) in [6.07, 6.45) is 0. The van der Waals surface area contributed by atoms with E-state index in [2.05, 4.69) is 38.6 Å². The van der Waals surface area contributed by atoms with Crippen LogP contribution in [0.1, 0.15) is 5.56 Å². The molecule has 0 bridgehead atoms. The van der Waals surface area contributed by atoms with Gasteiger partial charge >= 0.3 is 10.0 Å². The van der Waals surface area contributed by atoms with Crippen molar-refractivity contribution in [2.24, 2.45) is 0 Å². The van der Waals surface area contributed by atoms with Crippen LogP contribution < -0.4 is 0 Å². The summed E-state index contributed by atoms with van der Waals surface area (Å²) in [4.78, 5) is 0. The van der Waals surface area contributed by atoms with Gasteiger partial charge in [0.25, 0.3) is 0 Å². The third-order valence-corrected chi connectivity index (χ3v) is 5.81. The minimum Gasteiger partial charge on any atom is -0.598 e. The molecule has 0 amide bonds. The van der Waals surface area contributed by atoms with Crippen molar-refractivity contribution >= 4 is 41.5 Å². The standard InChI is InChI=1S/C12H17BBr2FN2O/c1-17(2)12-9-18(3,13(14,15)19-12)8-10-4-6-11(16)7-5-10/h4-7H,8-9H2,1-3H3/q+1. The van der Waals surface area contributed by atoms with E-state index < -0.39 is 4.13 Å². The maximum atomic E-state index is 13.0. The minimum absolute atomic E-state index is 0.209. The van der Waals surface area contributed by atoms with E-state index in [0.717, 1.165) is 24.6 Å². The van der Waals surface area contributed by atoms with Crippen LogP contribution in [-0.2, 0) is 11.2 Å². The summed E-state index contributed by atoms with van der Waals surface area (Å²) in [5.74, 6) is 0.720. The number of rotatable bonds is 2. The second-order valence-electron chi connectivity index (χ2n) is 5.39. The van der Waals surface area contributed by atoms with E-state index in [-0.39, 0.29) is 5.82 Å². The Morgan fingerprint density at radius 2 is 1.89 bits per heavy atom. The highest BCUT2D eigenvalue weighted by molar-refractivity contribution is 9.50. The van der Waals surface area contributed by atoms with Crippen LogP contribution in [0.2, 0.25) is 0 Å². The SMILES string of the molecule is C[N+](C)=C1C[N+](C)(Cc2ccc(F)cc2)[B-](Br)(Br)O1. The lowest BCUT2D eigenvalue weighted by molar-refractivity contribution is -0.809. The van der Waals surface area contributed by atoms with Gasteiger partial charge in [0.2, 0.25) is 0 Å². The normalized spacial score (nSPS) is 25.3. The van der Waals surface area contributed by atoms with E-state index in [1.807, 2.05) is 30.8 Å². The number of likely N-dealkylation sites (N-methyl/N-ethyl adjacent to an activating group) is 1. The Morgan fingerprint density at radius 3 is 2.37 bits per heavy atom. The van der Waals surface area contributed by atoms with Crippen LogP contribution in [0.3, 0.4) is 0 Å². The molecule has 1 heterocycles. The quantitative estimate of drug-likeness (QED) is 0.555. The molecule has 0 aromatic heterocycles. The zero-order valence-corrected chi connectivity index (χ0v) is 14.4. The van der Waals surface area contributed by atoms with E-state index >= 15 is 0 Å². The Hall–Kier alpha value is -0.395. The van der Waals surface area contributed by atoms with Crippen molar-refractivity contribution in [3.63, 3.8) is 0 Å². The number of hydrogen-bond donors (Lipinski definition) is 0. The third kappa shape index (κ3) is 3.03. The number of benzene rings is 1. The zero-order chi connectivity index (χ0) is 14.3. The van der Waals surface area contributed by atoms with Gasteiger partial charge in [0.05, 0.1) is 6.54 Å². The molecule has 0 radical (unpaired) electrons. The molecule has 0 N–H and O–H groups in total. The van der Waals surface area contributed by atoms with Gasteiger partial charge < -0.3 is 9.05 Å². The highest BCUT2D eigenvalue weighted by Gasteiger charge is 2.52. The van der Waals surface area contributed by atoms with Crippen molar-refractivity contribution in [2.75, 3.05) is 27.7 Å². The van der Waals surface area contributed by atoms with Gasteiger partial charge in [-0.05, 0) is 12.1 Å². The fourth-order valence-electron chi connectivity index (χ4n) is 2.16. The zero-order valence-electron chi connectivity index (χ0n) is 11.2. The Balaban J connectivity index is 2.27. The van der Waals surface area contributed by atoms with Crippen LogP contribution in [0, 0.1) is 5.82 Å². The van der Waals surface area contributed by atoms with Gasteiger partial charge in [-0.25, -0.2) is 40.5 Å². The molecular weight excluding hydrogens is 378 g/mol. The van der Waals surface area contributed by atoms with Gasteiger partial charge in [0.15, 0.2) is 6.54 Å². The van der Waals surface area contributed by atoms with Crippen molar-refractivity contribution in [1.82, 2.24) is 0 Å². The van der Waals surface area contributed by atoms with Gasteiger partial charge in [-0.3, -0.25) is 0 Å². The Morgan fingerprint density at radius 1 is 1.32 bits per heavy atom. The lowest BCUT2D eigenvalue weighted by atomic mass is 10.1. The first-order valence-corrected chi connectivity index (χ1v) is 7.88. The lowest BCUT2D eigenvalue weighted by Crippen LogP contribution is -2.55. The summed E-state index contributed by atoms with van der Waals surface area (Å²) in [6, 6.07) is 6.62. The number of quaternary nitrogens is 1. The average Bonchev–Trinajstić information content (AvgIpc) is 2.53. The second-order valence-corrected chi connectivity index (χ2v) is 9.10. The third-order valence-electron chi connectivity index (χ3n) is 3.46. The number of hydrogen-bond acceptors (Lipinski definition) is 1. The summed E-state index contributed by atoms with van der Waals surface area (Å²) in [7, 11) is 6.05. The van der Waals surface area contributed by atoms with E-state index in [1.54, 1.807) is 0 Å². The maximum absolute atomic E-state index is 13.0. The molecule has 3 nitrogen and oxygen atoms in total. The summed E-state index contributed by atoms with van der Waals surface area (Å²) in [5.41, 5.74) is 1.08. The topological polar surface area (TPSA) is 12.2 Å². The lowest BCUT2D eigenvalue weighted by Gasteiger charge is -2.43. The Kier molecular flexibility index (Phi) is 4.09. The molecular formula is C12H17BBr2FN2O+. The molecule has 0 spiro atoms. The number of nitrogens with zero attached hydrogens (tertiary/aromatic N) is 2. The van der Waals surface area contributed by atoms with Crippen LogP contribution in [0.15, 0.2) is 24.3 Å². The van der Waals surface area contributed by atoms with Crippen molar-refractivity contribution in [1.29, 1.82) is 0 Å². The minimum atomic E-state index is -1.36. The molecule has 19 heavy (non-hydrogen) atoms. The van der Waals surface area contributed by atoms with E-state index in [4.69, 9.17) is 4.65 Å². The number of halogens is 3. The predicted molar refractivity (Wildman–Crippen MR) is 83.0 cm³/mol. The van der Waals surface area contributed by atoms with Crippen molar-refractivity contribution in [2.45, 2.75) is 6.54 Å². The highest BCUT2D eigenvalue weighted by atomic mass is 79.9. The van der Waals surface area contributed by atoms with Gasteiger partial charge in [0.1, 0.15) is 19.9 Å². The van der Waals surface area contributed by atoms with Crippen LogP contribution >= 0.6 is 31.5 Å². The Bertz CT molecular complexity index is 517. The molecule has 0 aliphatic carbocycles. The molecule has 1 aromatic rings. The fourth-order valence-corrected chi connectivity index (χ4v) is 3.17. The van der Waals surface area contributed by atoms with Gasteiger partial charge in [0, 0.05) is 12.6 Å². The first kappa shape index (κ1) is 15.0. The van der Waals surface area contributed by atoms with E-state index in [0.29, 0.717) is 4.39 Å². The van der Waals surface area contributed by atoms with E-state index in [9.17, 15) is 4.39 Å². The van der Waals surface area contributed by atoms with Crippen LogP contribution in [-0.4, -0.2) is 46.7 Å². The first-order valence-electron chi connectivity index (χ1n) is 6.05. The predicted octanol–water partition coefficient (Wildman–Crippen LogP) is 2.70. The largest absolute Gasteiger partial charge is 0.598 e. The van der Waals surface area contributed by atoms with Gasteiger partial charge in [-0.2, -0.15) is 0 Å². The second kappa shape index (κ2) is 5.18. The Labute approximate surface area is 129 Å². The van der Waals surface area contributed by atoms with Gasteiger partial charge in [-0.15, -0.1) is 0 Å². The average molecular weight is 395 g/mol. The molecule has 1 aliphatic heterocycles. The van der Waals surface area contributed by atoms with Crippen molar-refractivity contribution in [3.05, 3.63) is 35.6 Å². The van der Waals surface area contributed by atoms with Crippen LogP contribution in [0.5, 0.6) is 0 Å². The van der Waals surface area contributed by atoms with E-state index in [1.165, 1.54) is 12.1 Å². The summed E-state index contributed by atoms with van der Waals surface area (Å²) < 4.78 is 20.2. The molecule has 2 rings (SSSR count). The summed E-state index contributed by atoms with van der Waals surface area (Å²) >= 11 is 7.31. The molecule has 1 aliphatic rings. The maximum Gasteiger partial charge on any atom is 0.513 e. The monoisotopic (exact) mass is 393 g/mol. The van der Waals surface area contributed by atoms with Gasteiger partial charge in [-0.1, -0.05) is 12.1 Å². The van der Waals surface area contributed by atoms with Crippen LogP contribution in [0.4, 0.5) is 4.39 Å². The molecule has 0 saturated carbocycles. The molecule has 1 aromatic carbocycles. The molecule has 1 unspecified atom stereocenters. The fraction of sp³-hybridized carbons (Fsp3) is 0.417. The van der Waals surface area contributed by atoms with Crippen molar-refractivity contribution in [3.8, 4) is 0 Å². The van der Waals surface area contributed by atoms with Crippen LogP contribution in [0.25, 0.3) is 0 Å². The smallest absolute Gasteiger partial charge is 0.513 e. The first-order chi connectivity index (χ1) is 8.73. The summed E-state index contributed by atoms with van der Waals surface area (Å²) in [5, 5.41) is 0. The highest BCUT2D eigenvalue weighted by Crippen LogP contribution is 2.39. The molecule has 7 heteroatoms. The summed E-state index contributed by atoms with van der Waals surface area (Å²) in [6.45, 7) is 1.54. The molecule has 1 fully saturated rings. The molecule has 104 valence electrons.